The number of ether oxygens (including phenoxy) is 2. The number of carbonyl (C=O) groups is 1. The van der Waals surface area contributed by atoms with Gasteiger partial charge in [0.25, 0.3) is 0 Å². The number of carbonyl (C=O) groups excluding carboxylic acids is 1. The van der Waals surface area contributed by atoms with Crippen molar-refractivity contribution in [3.05, 3.63) is 0 Å². The Kier molecular flexibility index (Phi) is 5.65. The van der Waals surface area contributed by atoms with Gasteiger partial charge in [-0.05, 0) is 33.2 Å². The molecule has 0 bridgehead atoms. The summed E-state index contributed by atoms with van der Waals surface area (Å²) in [4.78, 5) is 11.3. The smallest absolute Gasteiger partial charge is 0.307 e. The average molecular weight is 215 g/mol. The van der Waals surface area contributed by atoms with Gasteiger partial charge in [0, 0.05) is 6.04 Å². The Morgan fingerprint density at radius 2 is 2.27 bits per heavy atom. The molecular formula is C11H21NO3. The third-order valence-electron chi connectivity index (χ3n) is 2.37. The van der Waals surface area contributed by atoms with E-state index in [-0.39, 0.29) is 12.1 Å². The third-order valence-corrected chi connectivity index (χ3v) is 2.37. The summed E-state index contributed by atoms with van der Waals surface area (Å²) < 4.78 is 10.3. The lowest BCUT2D eigenvalue weighted by Gasteiger charge is -2.11. The first kappa shape index (κ1) is 12.5. The van der Waals surface area contributed by atoms with Gasteiger partial charge in [-0.25, -0.2) is 0 Å². The van der Waals surface area contributed by atoms with Gasteiger partial charge in [0.05, 0.1) is 19.1 Å². The number of hydrogen-bond acceptors (Lipinski definition) is 4. The van der Waals surface area contributed by atoms with Crippen LogP contribution in [0, 0.1) is 0 Å². The van der Waals surface area contributed by atoms with E-state index in [2.05, 4.69) is 5.32 Å². The number of hydrogen-bond donors (Lipinski definition) is 1. The summed E-state index contributed by atoms with van der Waals surface area (Å²) in [6.45, 7) is 5.80. The molecule has 0 spiro atoms. The molecule has 4 heteroatoms. The Bertz CT molecular complexity index is 188. The van der Waals surface area contributed by atoms with Crippen LogP contribution in [0.5, 0.6) is 0 Å². The Morgan fingerprint density at radius 3 is 2.87 bits per heavy atom. The summed E-state index contributed by atoms with van der Waals surface area (Å²) in [5.41, 5.74) is 0. The van der Waals surface area contributed by atoms with E-state index >= 15 is 0 Å². The lowest BCUT2D eigenvalue weighted by atomic mass is 10.2. The Hall–Kier alpha value is -0.610. The highest BCUT2D eigenvalue weighted by Gasteiger charge is 2.18. The van der Waals surface area contributed by atoms with E-state index in [1.165, 1.54) is 0 Å². The van der Waals surface area contributed by atoms with Crippen LogP contribution < -0.4 is 5.32 Å². The molecule has 1 fully saturated rings. The molecule has 1 rings (SSSR count). The first-order valence-corrected chi connectivity index (χ1v) is 5.69. The zero-order valence-electron chi connectivity index (χ0n) is 9.62. The van der Waals surface area contributed by atoms with Gasteiger partial charge in [-0.15, -0.1) is 0 Å². The largest absolute Gasteiger partial charge is 0.463 e. The van der Waals surface area contributed by atoms with Gasteiger partial charge >= 0.3 is 5.97 Å². The molecule has 4 nitrogen and oxygen atoms in total. The van der Waals surface area contributed by atoms with Crippen molar-refractivity contribution >= 4 is 5.97 Å². The molecule has 1 heterocycles. The highest BCUT2D eigenvalue weighted by Crippen LogP contribution is 2.09. The van der Waals surface area contributed by atoms with Crippen molar-refractivity contribution < 1.29 is 14.3 Å². The zero-order valence-corrected chi connectivity index (χ0v) is 9.62. The van der Waals surface area contributed by atoms with E-state index in [0.29, 0.717) is 25.7 Å². The fourth-order valence-corrected chi connectivity index (χ4v) is 1.63. The van der Waals surface area contributed by atoms with Gasteiger partial charge in [-0.2, -0.15) is 0 Å². The lowest BCUT2D eigenvalue weighted by Crippen LogP contribution is -2.26. The monoisotopic (exact) mass is 215 g/mol. The van der Waals surface area contributed by atoms with Crippen LogP contribution in [0.15, 0.2) is 0 Å². The second kappa shape index (κ2) is 6.80. The number of rotatable bonds is 6. The first-order chi connectivity index (χ1) is 7.18. The summed E-state index contributed by atoms with van der Waals surface area (Å²) in [5.74, 6) is -0.123. The standard InChI is InChI=1S/C11H21NO3/c1-9(2)14-6-7-15-11(13)8-10-4-3-5-12-10/h9-10,12H,3-8H2,1-2H3. The van der Waals surface area contributed by atoms with Crippen molar-refractivity contribution in [3.63, 3.8) is 0 Å². The maximum absolute atomic E-state index is 11.3. The molecule has 15 heavy (non-hydrogen) atoms. The fraction of sp³-hybridized carbons (Fsp3) is 0.909. The number of nitrogens with one attached hydrogen (secondary N) is 1. The van der Waals surface area contributed by atoms with E-state index in [0.717, 1.165) is 19.4 Å². The molecule has 1 unspecified atom stereocenters. The van der Waals surface area contributed by atoms with Crippen molar-refractivity contribution in [2.75, 3.05) is 19.8 Å². The molecule has 88 valence electrons. The molecule has 1 atom stereocenters. The van der Waals surface area contributed by atoms with Crippen LogP contribution in [0.2, 0.25) is 0 Å². The normalized spacial score (nSPS) is 20.9. The highest BCUT2D eigenvalue weighted by molar-refractivity contribution is 5.70. The molecule has 0 aromatic rings. The summed E-state index contributed by atoms with van der Waals surface area (Å²) in [7, 11) is 0. The van der Waals surface area contributed by atoms with Crippen LogP contribution in [0.3, 0.4) is 0 Å². The van der Waals surface area contributed by atoms with Crippen LogP contribution in [-0.2, 0) is 14.3 Å². The van der Waals surface area contributed by atoms with Gasteiger partial charge in [-0.3, -0.25) is 4.79 Å². The van der Waals surface area contributed by atoms with E-state index in [1.54, 1.807) is 0 Å². The molecule has 0 amide bonds. The lowest BCUT2D eigenvalue weighted by molar-refractivity contribution is -0.146. The van der Waals surface area contributed by atoms with E-state index in [4.69, 9.17) is 9.47 Å². The second-order valence-electron chi connectivity index (χ2n) is 4.14. The van der Waals surface area contributed by atoms with Crippen molar-refractivity contribution in [2.45, 2.75) is 45.3 Å². The molecular weight excluding hydrogens is 194 g/mol. The van der Waals surface area contributed by atoms with Crippen LogP contribution in [0.1, 0.15) is 33.1 Å². The minimum Gasteiger partial charge on any atom is -0.463 e. The predicted molar refractivity (Wildman–Crippen MR) is 57.7 cm³/mol. The summed E-state index contributed by atoms with van der Waals surface area (Å²) in [6, 6.07) is 0.323. The van der Waals surface area contributed by atoms with Crippen LogP contribution in [-0.4, -0.2) is 37.9 Å². The molecule has 0 aromatic carbocycles. The molecule has 1 N–H and O–H groups in total. The molecule has 0 radical (unpaired) electrons. The predicted octanol–water partition coefficient (Wildman–Crippen LogP) is 1.10. The minimum atomic E-state index is -0.123. The molecule has 0 aromatic heterocycles. The van der Waals surface area contributed by atoms with Gasteiger partial charge in [-0.1, -0.05) is 0 Å². The third kappa shape index (κ3) is 5.74. The summed E-state index contributed by atoms with van der Waals surface area (Å²) in [6.07, 6.45) is 2.92. The quantitative estimate of drug-likeness (QED) is 0.532. The van der Waals surface area contributed by atoms with Gasteiger partial charge in [0.2, 0.25) is 0 Å². The number of esters is 1. The average Bonchev–Trinajstić information content (AvgIpc) is 2.64. The van der Waals surface area contributed by atoms with E-state index in [1.807, 2.05) is 13.8 Å². The zero-order chi connectivity index (χ0) is 11.1. The topological polar surface area (TPSA) is 47.6 Å². The molecule has 1 aliphatic rings. The van der Waals surface area contributed by atoms with Gasteiger partial charge in [0.1, 0.15) is 6.61 Å². The van der Waals surface area contributed by atoms with Gasteiger partial charge in [0.15, 0.2) is 0 Å². The Labute approximate surface area is 91.3 Å². The second-order valence-corrected chi connectivity index (χ2v) is 4.14. The Balaban J connectivity index is 1.98. The molecule has 0 saturated carbocycles. The minimum absolute atomic E-state index is 0.123. The molecule has 0 aliphatic carbocycles. The first-order valence-electron chi connectivity index (χ1n) is 5.69. The molecule has 1 saturated heterocycles. The summed E-state index contributed by atoms with van der Waals surface area (Å²) in [5, 5.41) is 3.26. The van der Waals surface area contributed by atoms with Crippen molar-refractivity contribution in [1.82, 2.24) is 5.32 Å². The van der Waals surface area contributed by atoms with E-state index in [9.17, 15) is 4.79 Å². The summed E-state index contributed by atoms with van der Waals surface area (Å²) >= 11 is 0. The van der Waals surface area contributed by atoms with Gasteiger partial charge < -0.3 is 14.8 Å². The van der Waals surface area contributed by atoms with Crippen LogP contribution in [0.25, 0.3) is 0 Å². The highest BCUT2D eigenvalue weighted by atomic mass is 16.6. The SMILES string of the molecule is CC(C)OCCOC(=O)CC1CCCN1. The molecule has 1 aliphatic heterocycles. The van der Waals surface area contributed by atoms with Crippen molar-refractivity contribution in [2.24, 2.45) is 0 Å². The van der Waals surface area contributed by atoms with Crippen LogP contribution in [0.4, 0.5) is 0 Å². The van der Waals surface area contributed by atoms with E-state index < -0.39 is 0 Å². The maximum atomic E-state index is 11.3. The fourth-order valence-electron chi connectivity index (χ4n) is 1.63. The van der Waals surface area contributed by atoms with Crippen LogP contribution >= 0.6 is 0 Å². The Morgan fingerprint density at radius 1 is 1.47 bits per heavy atom. The van der Waals surface area contributed by atoms with Crippen molar-refractivity contribution in [1.29, 1.82) is 0 Å². The van der Waals surface area contributed by atoms with Crippen molar-refractivity contribution in [3.8, 4) is 0 Å². The maximum Gasteiger partial charge on any atom is 0.307 e.